The Bertz CT molecular complexity index is 1580. The lowest BCUT2D eigenvalue weighted by atomic mass is 10.1. The van der Waals surface area contributed by atoms with Crippen molar-refractivity contribution in [3.05, 3.63) is 42.0 Å². The number of nitrogens with one attached hydrogen (secondary N) is 3. The molecule has 11 nitrogen and oxygen atoms in total. The number of pyridine rings is 1. The van der Waals surface area contributed by atoms with Gasteiger partial charge in [0.25, 0.3) is 5.91 Å². The van der Waals surface area contributed by atoms with Gasteiger partial charge in [0.1, 0.15) is 28.6 Å². The number of aromatic amines is 1. The van der Waals surface area contributed by atoms with Crippen LogP contribution in [0.3, 0.4) is 0 Å². The third-order valence-corrected chi connectivity index (χ3v) is 6.38. The molecule has 210 valence electrons. The summed E-state index contributed by atoms with van der Waals surface area (Å²) >= 11 is 0. The number of H-pyrrole nitrogens is 1. The van der Waals surface area contributed by atoms with Crippen molar-refractivity contribution in [2.75, 3.05) is 30.4 Å². The molecule has 4 aromatic rings. The molecule has 0 atom stereocenters. The average molecular weight is 550 g/mol. The van der Waals surface area contributed by atoms with Crippen molar-refractivity contribution in [1.82, 2.24) is 25.3 Å². The summed E-state index contributed by atoms with van der Waals surface area (Å²) in [7, 11) is 1.52. The van der Waals surface area contributed by atoms with Crippen LogP contribution in [0.2, 0.25) is 0 Å². The minimum atomic E-state index is -0.723. The van der Waals surface area contributed by atoms with E-state index in [0.717, 1.165) is 25.7 Å². The zero-order chi connectivity index (χ0) is 28.4. The third-order valence-electron chi connectivity index (χ3n) is 6.38. The molecule has 5 rings (SSSR count). The highest BCUT2D eigenvalue weighted by Crippen LogP contribution is 2.37. The van der Waals surface area contributed by atoms with Crippen LogP contribution in [0.4, 0.5) is 20.7 Å². The predicted octanol–water partition coefficient (Wildman–Crippen LogP) is 5.52. The molecule has 1 aliphatic rings. The van der Waals surface area contributed by atoms with E-state index >= 15 is 0 Å². The van der Waals surface area contributed by atoms with E-state index in [4.69, 9.17) is 9.47 Å². The maximum Gasteiger partial charge on any atom is 0.414 e. The summed E-state index contributed by atoms with van der Waals surface area (Å²) in [6.45, 7) is 6.48. The first kappa shape index (κ1) is 27.1. The first-order chi connectivity index (χ1) is 19.1. The Kier molecular flexibility index (Phi) is 7.42. The maximum absolute atomic E-state index is 14.9. The van der Waals surface area contributed by atoms with Gasteiger partial charge in [0.2, 0.25) is 0 Å². The second-order valence-corrected chi connectivity index (χ2v) is 10.7. The van der Waals surface area contributed by atoms with Gasteiger partial charge in [0, 0.05) is 31.7 Å². The summed E-state index contributed by atoms with van der Waals surface area (Å²) in [5, 5.41) is 7.33. The summed E-state index contributed by atoms with van der Waals surface area (Å²) in [5.41, 5.74) is 0.802. The standard InChI is InChI=1S/C28H32FN7O4/c1-28(2,3)40-27(38)36(4)20-13-17(29)12-19-21-23-31-9-7-5-6-8-10-32-25(37)16-11-18(15-30-14-16)39-26(34-23)35-24(21)33-22(19)20/h11-15H,5-10H2,1-4H3,(H,32,37)(H2,31,33,34,35). The molecule has 0 aliphatic carbocycles. The molecule has 0 fully saturated rings. The molecule has 4 bridgehead atoms. The number of hydrogen-bond donors (Lipinski definition) is 3. The maximum atomic E-state index is 14.9. The number of anilines is 2. The van der Waals surface area contributed by atoms with Crippen LogP contribution in [0, 0.1) is 5.82 Å². The lowest BCUT2D eigenvalue weighted by molar-refractivity contribution is 0.0589. The van der Waals surface area contributed by atoms with Gasteiger partial charge in [0.15, 0.2) is 0 Å². The molecular formula is C28H32FN7O4. The number of fused-ring (bicyclic) bond motifs is 8. The van der Waals surface area contributed by atoms with Crippen LogP contribution < -0.4 is 20.3 Å². The van der Waals surface area contributed by atoms with E-state index in [1.807, 2.05) is 0 Å². The Morgan fingerprint density at radius 3 is 2.55 bits per heavy atom. The number of halogens is 1. The van der Waals surface area contributed by atoms with Crippen LogP contribution in [-0.2, 0) is 4.74 Å². The van der Waals surface area contributed by atoms with Gasteiger partial charge in [-0.25, -0.2) is 9.18 Å². The van der Waals surface area contributed by atoms with Crippen molar-refractivity contribution in [3.63, 3.8) is 0 Å². The van der Waals surface area contributed by atoms with E-state index in [9.17, 15) is 14.0 Å². The zero-order valence-electron chi connectivity index (χ0n) is 22.9. The lowest BCUT2D eigenvalue weighted by Gasteiger charge is -2.25. The number of ether oxygens (including phenoxy) is 2. The zero-order valence-corrected chi connectivity index (χ0v) is 22.9. The third kappa shape index (κ3) is 5.90. The highest BCUT2D eigenvalue weighted by Gasteiger charge is 2.25. The fourth-order valence-electron chi connectivity index (χ4n) is 4.51. The van der Waals surface area contributed by atoms with Crippen LogP contribution in [0.25, 0.3) is 21.9 Å². The minimum Gasteiger partial charge on any atom is -0.443 e. The van der Waals surface area contributed by atoms with Crippen molar-refractivity contribution in [2.24, 2.45) is 0 Å². The first-order valence-electron chi connectivity index (χ1n) is 13.2. The molecule has 1 aliphatic heterocycles. The summed E-state index contributed by atoms with van der Waals surface area (Å²) in [4.78, 5) is 43.1. The molecule has 4 heterocycles. The van der Waals surface area contributed by atoms with Crippen LogP contribution in [0.5, 0.6) is 11.8 Å². The molecule has 0 spiro atoms. The highest BCUT2D eigenvalue weighted by molar-refractivity contribution is 6.15. The second kappa shape index (κ2) is 10.9. The number of amides is 2. The number of hydrogen-bond acceptors (Lipinski definition) is 8. The smallest absolute Gasteiger partial charge is 0.414 e. The molecule has 12 heteroatoms. The highest BCUT2D eigenvalue weighted by atomic mass is 19.1. The van der Waals surface area contributed by atoms with Gasteiger partial charge in [-0.3, -0.25) is 14.7 Å². The molecule has 0 radical (unpaired) electrons. The van der Waals surface area contributed by atoms with E-state index in [1.54, 1.807) is 26.8 Å². The number of carbonyl (C=O) groups excluding carboxylic acids is 2. The van der Waals surface area contributed by atoms with E-state index in [0.29, 0.717) is 46.4 Å². The number of nitrogens with zero attached hydrogens (tertiary/aromatic N) is 4. The van der Waals surface area contributed by atoms with Gasteiger partial charge >= 0.3 is 12.1 Å². The number of rotatable bonds is 1. The summed E-state index contributed by atoms with van der Waals surface area (Å²) in [6.07, 6.45) is 5.93. The fourth-order valence-corrected chi connectivity index (χ4v) is 4.51. The van der Waals surface area contributed by atoms with Crippen LogP contribution >= 0.6 is 0 Å². The van der Waals surface area contributed by atoms with Crippen molar-refractivity contribution >= 4 is 45.4 Å². The number of carbonyl (C=O) groups is 2. The molecule has 0 saturated heterocycles. The average Bonchev–Trinajstić information content (AvgIpc) is 3.26. The largest absolute Gasteiger partial charge is 0.443 e. The van der Waals surface area contributed by atoms with Gasteiger partial charge in [-0.15, -0.1) is 0 Å². The van der Waals surface area contributed by atoms with Crippen LogP contribution in [0.15, 0.2) is 30.6 Å². The van der Waals surface area contributed by atoms with Crippen LogP contribution in [0.1, 0.15) is 56.8 Å². The normalized spacial score (nSPS) is 14.8. The Morgan fingerprint density at radius 2 is 1.80 bits per heavy atom. The summed E-state index contributed by atoms with van der Waals surface area (Å²) in [5.74, 6) is -0.0158. The Hall–Kier alpha value is -4.48. The van der Waals surface area contributed by atoms with Crippen LogP contribution in [-0.4, -0.2) is 57.7 Å². The van der Waals surface area contributed by atoms with E-state index in [-0.39, 0.29) is 23.4 Å². The Morgan fingerprint density at radius 1 is 1.05 bits per heavy atom. The molecule has 3 aromatic heterocycles. The SMILES string of the molecule is CN(C(=O)OC(C)(C)C)c1cc(F)cc2c1[nH]c1nc3nc(c12)NCCCCCCNC(=O)c1cncc(c1)O3. The van der Waals surface area contributed by atoms with Gasteiger partial charge in [-0.1, -0.05) is 12.8 Å². The Balaban J connectivity index is 1.62. The van der Waals surface area contributed by atoms with E-state index in [1.165, 1.54) is 36.5 Å². The topological polar surface area (TPSA) is 134 Å². The molecule has 0 saturated carbocycles. The van der Waals surface area contributed by atoms with Gasteiger partial charge in [0.05, 0.1) is 28.4 Å². The lowest BCUT2D eigenvalue weighted by Crippen LogP contribution is -2.34. The molecule has 0 unspecified atom stereocenters. The quantitative estimate of drug-likeness (QED) is 0.282. The summed E-state index contributed by atoms with van der Waals surface area (Å²) in [6, 6.07) is 4.23. The molecule has 40 heavy (non-hydrogen) atoms. The van der Waals surface area contributed by atoms with Gasteiger partial charge in [-0.05, 0) is 51.8 Å². The molecule has 1 aromatic carbocycles. The van der Waals surface area contributed by atoms with E-state index < -0.39 is 17.5 Å². The summed E-state index contributed by atoms with van der Waals surface area (Å²) < 4.78 is 26.4. The monoisotopic (exact) mass is 549 g/mol. The van der Waals surface area contributed by atoms with Crippen molar-refractivity contribution < 1.29 is 23.5 Å². The second-order valence-electron chi connectivity index (χ2n) is 10.7. The first-order valence-corrected chi connectivity index (χ1v) is 13.2. The molecule has 2 amide bonds. The van der Waals surface area contributed by atoms with E-state index in [2.05, 4.69) is 30.6 Å². The number of aromatic nitrogens is 4. The minimum absolute atomic E-state index is 0.00975. The predicted molar refractivity (Wildman–Crippen MR) is 150 cm³/mol. The van der Waals surface area contributed by atoms with Crippen molar-refractivity contribution in [1.29, 1.82) is 0 Å². The number of benzene rings is 1. The van der Waals surface area contributed by atoms with Gasteiger partial charge < -0.3 is 25.1 Å². The molecular weight excluding hydrogens is 517 g/mol. The fraction of sp³-hybridized carbons (Fsp3) is 0.393. The molecule has 3 N–H and O–H groups in total. The van der Waals surface area contributed by atoms with Crippen molar-refractivity contribution in [2.45, 2.75) is 52.1 Å². The Labute approximate surface area is 230 Å². The van der Waals surface area contributed by atoms with Gasteiger partial charge in [-0.2, -0.15) is 9.97 Å². The van der Waals surface area contributed by atoms with Crippen molar-refractivity contribution in [3.8, 4) is 11.8 Å².